The smallest absolute Gasteiger partial charge is 0.303 e. The Balaban J connectivity index is 1.88. The van der Waals surface area contributed by atoms with Crippen LogP contribution in [-0.2, 0) is 17.8 Å². The van der Waals surface area contributed by atoms with Gasteiger partial charge < -0.3 is 14.3 Å². The average Bonchev–Trinajstić information content (AvgIpc) is 2.82. The first-order valence-corrected chi connectivity index (χ1v) is 5.92. The first kappa shape index (κ1) is 13.4. The zero-order valence-corrected chi connectivity index (χ0v) is 10.6. The van der Waals surface area contributed by atoms with Crippen molar-refractivity contribution in [1.82, 2.24) is 10.2 Å². The van der Waals surface area contributed by atoms with Gasteiger partial charge in [-0.15, -0.1) is 10.2 Å². The molecule has 7 heteroatoms. The minimum absolute atomic E-state index is 0.0449. The zero-order chi connectivity index (χ0) is 13.7. The quantitative estimate of drug-likeness (QED) is 0.875. The van der Waals surface area contributed by atoms with Crippen molar-refractivity contribution in [1.29, 1.82) is 0 Å². The Bertz CT molecular complexity index is 570. The second-order valence-corrected chi connectivity index (χ2v) is 4.17. The Hall–Kier alpha value is -2.08. The van der Waals surface area contributed by atoms with Crippen molar-refractivity contribution in [2.45, 2.75) is 19.4 Å². The van der Waals surface area contributed by atoms with Crippen LogP contribution in [0.25, 0.3) is 0 Å². The Morgan fingerprint density at radius 1 is 1.37 bits per heavy atom. The van der Waals surface area contributed by atoms with E-state index >= 15 is 0 Å². The van der Waals surface area contributed by atoms with Gasteiger partial charge in [0, 0.05) is 11.4 Å². The van der Waals surface area contributed by atoms with Gasteiger partial charge in [-0.05, 0) is 18.2 Å². The predicted octanol–water partition coefficient (Wildman–Crippen LogP) is 2.32. The largest absolute Gasteiger partial charge is 0.484 e. The molecule has 19 heavy (non-hydrogen) atoms. The van der Waals surface area contributed by atoms with Gasteiger partial charge in [0.1, 0.15) is 5.75 Å². The summed E-state index contributed by atoms with van der Waals surface area (Å²) in [6.07, 6.45) is 0.163. The molecule has 0 fully saturated rings. The van der Waals surface area contributed by atoms with Crippen molar-refractivity contribution >= 4 is 17.6 Å². The maximum absolute atomic E-state index is 10.4. The minimum atomic E-state index is -0.907. The molecule has 1 aromatic carbocycles. The maximum atomic E-state index is 10.4. The summed E-state index contributed by atoms with van der Waals surface area (Å²) in [5.74, 6) is 0.264. The molecule has 1 aromatic heterocycles. The van der Waals surface area contributed by atoms with Gasteiger partial charge in [-0.2, -0.15) is 0 Å². The minimum Gasteiger partial charge on any atom is -0.484 e. The molecule has 0 aliphatic heterocycles. The predicted molar refractivity (Wildman–Crippen MR) is 66.0 cm³/mol. The summed E-state index contributed by atoms with van der Waals surface area (Å²) in [7, 11) is 0. The number of aliphatic carboxylic acids is 1. The monoisotopic (exact) mass is 282 g/mol. The van der Waals surface area contributed by atoms with Gasteiger partial charge in [-0.25, -0.2) is 0 Å². The molecule has 0 atom stereocenters. The van der Waals surface area contributed by atoms with Crippen LogP contribution in [0.1, 0.15) is 18.2 Å². The number of aromatic nitrogens is 2. The van der Waals surface area contributed by atoms with Crippen LogP contribution in [0.5, 0.6) is 5.75 Å². The van der Waals surface area contributed by atoms with E-state index < -0.39 is 5.97 Å². The number of carboxylic acid groups (broad SMARTS) is 1. The summed E-state index contributed by atoms with van der Waals surface area (Å²) in [5.41, 5.74) is 0. The van der Waals surface area contributed by atoms with E-state index in [2.05, 4.69) is 10.2 Å². The van der Waals surface area contributed by atoms with E-state index in [-0.39, 0.29) is 25.3 Å². The summed E-state index contributed by atoms with van der Waals surface area (Å²) in [5, 5.41) is 16.6. The van der Waals surface area contributed by atoms with E-state index in [1.807, 2.05) is 0 Å². The molecular formula is C12H11ClN2O4. The summed E-state index contributed by atoms with van der Waals surface area (Å²) in [6, 6.07) is 6.94. The van der Waals surface area contributed by atoms with Crippen LogP contribution in [0.2, 0.25) is 5.02 Å². The number of carbonyl (C=O) groups is 1. The number of ether oxygens (including phenoxy) is 1. The van der Waals surface area contributed by atoms with Gasteiger partial charge in [-0.3, -0.25) is 4.79 Å². The molecule has 2 aromatic rings. The number of hydrogen-bond acceptors (Lipinski definition) is 5. The van der Waals surface area contributed by atoms with E-state index in [4.69, 9.17) is 25.9 Å². The van der Waals surface area contributed by atoms with E-state index in [1.165, 1.54) is 0 Å². The lowest BCUT2D eigenvalue weighted by Crippen LogP contribution is -1.97. The molecule has 0 aliphatic carbocycles. The highest BCUT2D eigenvalue weighted by Crippen LogP contribution is 2.18. The lowest BCUT2D eigenvalue weighted by molar-refractivity contribution is -0.137. The van der Waals surface area contributed by atoms with Crippen LogP contribution in [-0.4, -0.2) is 21.3 Å². The molecule has 0 amide bonds. The van der Waals surface area contributed by atoms with Crippen LogP contribution < -0.4 is 4.74 Å². The van der Waals surface area contributed by atoms with E-state index in [1.54, 1.807) is 24.3 Å². The SMILES string of the molecule is O=C(O)CCc1nnc(COc2cccc(Cl)c2)o1. The van der Waals surface area contributed by atoms with Crippen molar-refractivity contribution in [2.24, 2.45) is 0 Å². The van der Waals surface area contributed by atoms with Crippen molar-refractivity contribution in [3.05, 3.63) is 41.1 Å². The molecule has 1 heterocycles. The Morgan fingerprint density at radius 3 is 2.89 bits per heavy atom. The summed E-state index contributed by atoms with van der Waals surface area (Å²) < 4.78 is 10.7. The molecule has 2 rings (SSSR count). The third-order valence-electron chi connectivity index (χ3n) is 2.22. The normalized spacial score (nSPS) is 10.4. The fourth-order valence-electron chi connectivity index (χ4n) is 1.36. The van der Waals surface area contributed by atoms with Crippen LogP contribution in [0.4, 0.5) is 0 Å². The molecular weight excluding hydrogens is 272 g/mol. The van der Waals surface area contributed by atoms with Crippen LogP contribution in [0, 0.1) is 0 Å². The van der Waals surface area contributed by atoms with Crippen molar-refractivity contribution < 1.29 is 19.1 Å². The van der Waals surface area contributed by atoms with Crippen LogP contribution in [0.15, 0.2) is 28.7 Å². The lowest BCUT2D eigenvalue weighted by atomic mass is 10.3. The molecule has 0 radical (unpaired) electrons. The topological polar surface area (TPSA) is 85.5 Å². The van der Waals surface area contributed by atoms with Gasteiger partial charge in [0.2, 0.25) is 5.89 Å². The number of hydrogen-bond donors (Lipinski definition) is 1. The number of rotatable bonds is 6. The van der Waals surface area contributed by atoms with Gasteiger partial charge in [-0.1, -0.05) is 17.7 Å². The first-order valence-electron chi connectivity index (χ1n) is 5.55. The lowest BCUT2D eigenvalue weighted by Gasteiger charge is -2.02. The Labute approximate surface area is 114 Å². The van der Waals surface area contributed by atoms with Crippen molar-refractivity contribution in [2.75, 3.05) is 0 Å². The van der Waals surface area contributed by atoms with Gasteiger partial charge in [0.15, 0.2) is 6.61 Å². The van der Waals surface area contributed by atoms with Crippen molar-refractivity contribution in [3.8, 4) is 5.75 Å². The summed E-state index contributed by atoms with van der Waals surface area (Å²) in [4.78, 5) is 10.4. The molecule has 0 aliphatic rings. The molecule has 0 bridgehead atoms. The van der Waals surface area contributed by atoms with Crippen LogP contribution in [0.3, 0.4) is 0 Å². The third-order valence-corrected chi connectivity index (χ3v) is 2.45. The second-order valence-electron chi connectivity index (χ2n) is 3.73. The third kappa shape index (κ3) is 4.26. The summed E-state index contributed by atoms with van der Waals surface area (Å²) in [6.45, 7) is 0.112. The standard InChI is InChI=1S/C12H11ClN2O4/c13-8-2-1-3-9(6-8)18-7-11-15-14-10(19-11)4-5-12(16)17/h1-3,6H,4-5,7H2,(H,16,17). The number of nitrogens with zero attached hydrogens (tertiary/aromatic N) is 2. The maximum Gasteiger partial charge on any atom is 0.303 e. The molecule has 0 unspecified atom stereocenters. The van der Waals surface area contributed by atoms with E-state index in [0.717, 1.165) is 0 Å². The van der Waals surface area contributed by atoms with Gasteiger partial charge in [0.25, 0.3) is 5.89 Å². The van der Waals surface area contributed by atoms with Crippen LogP contribution >= 0.6 is 11.6 Å². The molecule has 1 N–H and O–H groups in total. The van der Waals surface area contributed by atoms with E-state index in [9.17, 15) is 4.79 Å². The molecule has 0 saturated heterocycles. The van der Waals surface area contributed by atoms with Crippen molar-refractivity contribution in [3.63, 3.8) is 0 Å². The zero-order valence-electron chi connectivity index (χ0n) is 9.88. The molecule has 6 nitrogen and oxygen atoms in total. The highest BCUT2D eigenvalue weighted by molar-refractivity contribution is 6.30. The highest BCUT2D eigenvalue weighted by Gasteiger charge is 2.08. The number of benzene rings is 1. The fourth-order valence-corrected chi connectivity index (χ4v) is 1.54. The summed E-state index contributed by atoms with van der Waals surface area (Å²) >= 11 is 5.81. The number of halogens is 1. The highest BCUT2D eigenvalue weighted by atomic mass is 35.5. The second kappa shape index (κ2) is 6.19. The fraction of sp³-hybridized carbons (Fsp3) is 0.250. The van der Waals surface area contributed by atoms with Gasteiger partial charge in [0.05, 0.1) is 6.42 Å². The van der Waals surface area contributed by atoms with E-state index in [0.29, 0.717) is 16.7 Å². The molecule has 0 saturated carbocycles. The average molecular weight is 283 g/mol. The number of carboxylic acids is 1. The molecule has 100 valence electrons. The number of aryl methyl sites for hydroxylation is 1. The Kier molecular flexibility index (Phi) is 4.35. The van der Waals surface area contributed by atoms with Gasteiger partial charge >= 0.3 is 5.97 Å². The first-order chi connectivity index (χ1) is 9.13. The molecule has 0 spiro atoms. The Morgan fingerprint density at radius 2 is 2.16 bits per heavy atom.